The average Bonchev–Trinajstić information content (AvgIpc) is 2.83. The molecule has 31 heavy (non-hydrogen) atoms. The van der Waals surface area contributed by atoms with E-state index in [4.69, 9.17) is 0 Å². The lowest BCUT2D eigenvalue weighted by molar-refractivity contribution is -0.0340. The van der Waals surface area contributed by atoms with Crippen molar-refractivity contribution < 1.29 is 8.42 Å². The van der Waals surface area contributed by atoms with Crippen LogP contribution < -0.4 is 0 Å². The largest absolute Gasteiger partial charge is 0.243 e. The van der Waals surface area contributed by atoms with E-state index in [-0.39, 0.29) is 10.8 Å². The van der Waals surface area contributed by atoms with Gasteiger partial charge in [0.1, 0.15) is 0 Å². The van der Waals surface area contributed by atoms with Gasteiger partial charge in [-0.3, -0.25) is 0 Å². The Kier molecular flexibility index (Phi) is 4.57. The number of hydrogen-bond acceptors (Lipinski definition) is 2. The Labute approximate surface area is 187 Å². The first kappa shape index (κ1) is 21.2. The molecule has 1 aliphatic heterocycles. The van der Waals surface area contributed by atoms with Gasteiger partial charge in [-0.15, -0.1) is 0 Å². The summed E-state index contributed by atoms with van der Waals surface area (Å²) in [6.07, 6.45) is 5.19. The fraction of sp³-hybridized carbons (Fsp3) is 0.556. The zero-order chi connectivity index (χ0) is 22.2. The minimum atomic E-state index is -3.60. The summed E-state index contributed by atoms with van der Waals surface area (Å²) in [5, 5.41) is 0. The van der Waals surface area contributed by atoms with Gasteiger partial charge in [0.25, 0.3) is 0 Å². The third-order valence-corrected chi connectivity index (χ3v) is 11.1. The molecule has 3 aliphatic rings. The minimum Gasteiger partial charge on any atom is -0.207 e. The summed E-state index contributed by atoms with van der Waals surface area (Å²) in [4.78, 5) is 0.428. The van der Waals surface area contributed by atoms with E-state index in [9.17, 15) is 8.42 Å². The summed E-state index contributed by atoms with van der Waals surface area (Å²) in [5.41, 5.74) is 4.55. The van der Waals surface area contributed by atoms with Crippen LogP contribution in [0.3, 0.4) is 0 Å². The maximum atomic E-state index is 14.1. The summed E-state index contributed by atoms with van der Waals surface area (Å²) < 4.78 is 30.2. The van der Waals surface area contributed by atoms with Gasteiger partial charge < -0.3 is 0 Å². The lowest BCUT2D eigenvalue weighted by Crippen LogP contribution is -2.58. The molecule has 2 aliphatic carbocycles. The van der Waals surface area contributed by atoms with Gasteiger partial charge in [-0.2, -0.15) is 4.31 Å². The first-order chi connectivity index (χ1) is 14.6. The fourth-order valence-corrected chi connectivity index (χ4v) is 9.05. The molecular weight excluding hydrogens is 402 g/mol. The number of nitrogens with zero attached hydrogens (tertiary/aromatic N) is 1. The van der Waals surface area contributed by atoms with Gasteiger partial charge >= 0.3 is 0 Å². The highest BCUT2D eigenvalue weighted by molar-refractivity contribution is 7.89. The second-order valence-corrected chi connectivity index (χ2v) is 12.9. The zero-order valence-electron chi connectivity index (χ0n) is 19.5. The van der Waals surface area contributed by atoms with Gasteiger partial charge in [-0.1, -0.05) is 70.0 Å². The second-order valence-electron chi connectivity index (χ2n) is 11.0. The highest BCUT2D eigenvalue weighted by atomic mass is 32.2. The van der Waals surface area contributed by atoms with Crippen LogP contribution in [-0.4, -0.2) is 19.3 Å². The van der Waals surface area contributed by atoms with Gasteiger partial charge in [-0.05, 0) is 78.2 Å². The molecule has 1 saturated carbocycles. The van der Waals surface area contributed by atoms with E-state index in [1.807, 2.05) is 23.4 Å². The Morgan fingerprint density at radius 2 is 1.68 bits per heavy atom. The maximum absolute atomic E-state index is 14.1. The predicted molar refractivity (Wildman–Crippen MR) is 126 cm³/mol. The lowest BCUT2D eigenvalue weighted by atomic mass is 9.47. The number of hydrogen-bond donors (Lipinski definition) is 0. The highest BCUT2D eigenvalue weighted by Crippen LogP contribution is 2.72. The maximum Gasteiger partial charge on any atom is 0.243 e. The number of benzene rings is 2. The van der Waals surface area contributed by atoms with E-state index in [1.54, 1.807) is 12.1 Å². The van der Waals surface area contributed by atoms with Crippen molar-refractivity contribution in [2.45, 2.75) is 83.1 Å². The predicted octanol–water partition coefficient (Wildman–Crippen LogP) is 6.16. The van der Waals surface area contributed by atoms with Gasteiger partial charge in [0.2, 0.25) is 10.0 Å². The van der Waals surface area contributed by atoms with Crippen LogP contribution in [0.25, 0.3) is 0 Å². The molecule has 2 aromatic rings. The molecule has 0 spiro atoms. The van der Waals surface area contributed by atoms with E-state index in [0.717, 1.165) is 37.7 Å². The van der Waals surface area contributed by atoms with Crippen molar-refractivity contribution in [3.63, 3.8) is 0 Å². The van der Waals surface area contributed by atoms with Gasteiger partial charge in [-0.25, -0.2) is 8.42 Å². The van der Waals surface area contributed by atoms with Gasteiger partial charge in [0.15, 0.2) is 0 Å². The van der Waals surface area contributed by atoms with Crippen molar-refractivity contribution in [2.24, 2.45) is 10.8 Å². The van der Waals surface area contributed by atoms with Crippen LogP contribution in [0.4, 0.5) is 0 Å². The smallest absolute Gasteiger partial charge is 0.207 e. The molecule has 5 rings (SSSR count). The Morgan fingerprint density at radius 3 is 2.35 bits per heavy atom. The molecule has 2 bridgehead atoms. The van der Waals surface area contributed by atoms with Crippen LogP contribution in [-0.2, 0) is 22.0 Å². The Bertz CT molecular complexity index is 1140. The number of sulfonamides is 1. The van der Waals surface area contributed by atoms with Crippen LogP contribution in [0, 0.1) is 17.8 Å². The van der Waals surface area contributed by atoms with Gasteiger partial charge in [0, 0.05) is 6.54 Å². The highest BCUT2D eigenvalue weighted by Gasteiger charge is 2.72. The lowest BCUT2D eigenvalue weighted by Gasteiger charge is -2.58. The number of fused-ring (bicyclic) bond motifs is 1. The third-order valence-electron chi connectivity index (χ3n) is 9.18. The van der Waals surface area contributed by atoms with Crippen LogP contribution in [0.1, 0.15) is 81.5 Å². The Morgan fingerprint density at radius 1 is 0.968 bits per heavy atom. The van der Waals surface area contributed by atoms with E-state index >= 15 is 0 Å². The van der Waals surface area contributed by atoms with E-state index in [0.29, 0.717) is 17.4 Å². The van der Waals surface area contributed by atoms with E-state index in [1.165, 1.54) is 16.7 Å². The number of rotatable bonds is 3. The standard InChI is InChI=1S/C27H35NO2S/c1-19(2)21-9-12-24-22(17-21)13-16-26(5)25(4)14-6-15-27(24,26)28(18-25)31(29,30)23-10-7-20(3)8-11-23/h7-12,17,19H,6,13-16,18H2,1-5H3/t25?,26-,27-/m1/s1. The monoisotopic (exact) mass is 437 g/mol. The van der Waals surface area contributed by atoms with Crippen molar-refractivity contribution in [1.29, 1.82) is 0 Å². The molecule has 166 valence electrons. The molecule has 2 aromatic carbocycles. The molecule has 0 amide bonds. The number of aryl methyl sites for hydroxylation is 2. The molecule has 1 unspecified atom stereocenters. The summed E-state index contributed by atoms with van der Waals surface area (Å²) >= 11 is 0. The van der Waals surface area contributed by atoms with Crippen molar-refractivity contribution in [3.8, 4) is 0 Å². The molecule has 3 nitrogen and oxygen atoms in total. The van der Waals surface area contributed by atoms with Crippen molar-refractivity contribution in [3.05, 3.63) is 64.7 Å². The van der Waals surface area contributed by atoms with E-state index in [2.05, 4.69) is 45.9 Å². The molecular formula is C27H35NO2S. The third kappa shape index (κ3) is 2.64. The summed E-state index contributed by atoms with van der Waals surface area (Å²) in [7, 11) is -3.60. The van der Waals surface area contributed by atoms with Crippen molar-refractivity contribution in [2.75, 3.05) is 6.54 Å². The molecule has 0 aromatic heterocycles. The van der Waals surface area contributed by atoms with E-state index < -0.39 is 15.6 Å². The second kappa shape index (κ2) is 6.68. The summed E-state index contributed by atoms with van der Waals surface area (Å²) in [5.74, 6) is 0.476. The average molecular weight is 438 g/mol. The quantitative estimate of drug-likeness (QED) is 0.576. The topological polar surface area (TPSA) is 37.4 Å². The first-order valence-corrected chi connectivity index (χ1v) is 13.2. The molecule has 4 heteroatoms. The van der Waals surface area contributed by atoms with Crippen LogP contribution >= 0.6 is 0 Å². The molecule has 1 saturated heterocycles. The first-order valence-electron chi connectivity index (χ1n) is 11.8. The summed E-state index contributed by atoms with van der Waals surface area (Å²) in [6.45, 7) is 11.8. The van der Waals surface area contributed by atoms with Crippen LogP contribution in [0.2, 0.25) is 0 Å². The van der Waals surface area contributed by atoms with Crippen molar-refractivity contribution in [1.82, 2.24) is 4.31 Å². The molecule has 2 fully saturated rings. The molecule has 1 heterocycles. The Hall–Kier alpha value is -1.65. The zero-order valence-corrected chi connectivity index (χ0v) is 20.3. The normalized spacial score (nSPS) is 32.7. The van der Waals surface area contributed by atoms with Crippen LogP contribution in [0.5, 0.6) is 0 Å². The molecule has 0 radical (unpaired) electrons. The molecule has 3 atom stereocenters. The Balaban J connectivity index is 1.75. The SMILES string of the molecule is Cc1ccc(S(=O)(=O)N2CC3(C)CCC[C@]24c2ccc(C(C)C)cc2CC[C@]34C)cc1. The van der Waals surface area contributed by atoms with Crippen LogP contribution in [0.15, 0.2) is 47.4 Å². The summed E-state index contributed by atoms with van der Waals surface area (Å²) in [6, 6.07) is 14.3. The molecule has 0 N–H and O–H groups in total. The van der Waals surface area contributed by atoms with Crippen molar-refractivity contribution >= 4 is 10.0 Å². The fourth-order valence-electron chi connectivity index (χ4n) is 7.06. The minimum absolute atomic E-state index is 0.00255. The van der Waals surface area contributed by atoms with Gasteiger partial charge in [0.05, 0.1) is 10.4 Å².